The lowest BCUT2D eigenvalue weighted by Crippen LogP contribution is -2.13. The molecule has 1 N–H and O–H groups in total. The molecule has 0 unspecified atom stereocenters. The van der Waals surface area contributed by atoms with E-state index in [1.807, 2.05) is 0 Å². The van der Waals surface area contributed by atoms with Gasteiger partial charge in [0.15, 0.2) is 0 Å². The van der Waals surface area contributed by atoms with E-state index in [1.54, 1.807) is 13.0 Å². The van der Waals surface area contributed by atoms with Crippen molar-refractivity contribution in [3.8, 4) is 0 Å². The molecule has 1 rings (SSSR count). The number of halogens is 1. The van der Waals surface area contributed by atoms with Crippen LogP contribution < -0.4 is 5.43 Å². The maximum atomic E-state index is 11.1. The number of nitro groups is 1. The summed E-state index contributed by atoms with van der Waals surface area (Å²) in [5.41, 5.74) is 2.67. The summed E-state index contributed by atoms with van der Waals surface area (Å²) in [4.78, 5) is 21.1. The summed E-state index contributed by atoms with van der Waals surface area (Å²) in [6.45, 7) is 1.82. The number of nitrogens with zero attached hydrogens (tertiary/aromatic N) is 2. The molecule has 0 saturated carbocycles. The highest BCUT2D eigenvalue weighted by Crippen LogP contribution is 2.16. The average Bonchev–Trinajstić information content (AvgIpc) is 2.36. The number of anilines is 1. The number of nitrogens with one attached hydrogen (secondary N) is 1. The lowest BCUT2D eigenvalue weighted by Gasteiger charge is -2.01. The molecule has 0 bridgehead atoms. The zero-order valence-corrected chi connectivity index (χ0v) is 10.2. The number of hydrogen-bond acceptors (Lipinski definition) is 6. The van der Waals surface area contributed by atoms with Gasteiger partial charge >= 0.3 is 5.97 Å². The van der Waals surface area contributed by atoms with Crippen molar-refractivity contribution < 1.29 is 14.5 Å². The standard InChI is InChI=1S/C10H10ClN3O4/c1-2-18-10(15)9(11)13-12-7-4-3-5-8(6-7)14(16)17/h3-6,12H,2H2,1H3/b13-9-. The molecule has 8 heteroatoms. The zero-order chi connectivity index (χ0) is 13.5. The molecule has 0 saturated heterocycles. The van der Waals surface area contributed by atoms with E-state index in [4.69, 9.17) is 11.6 Å². The fourth-order valence-corrected chi connectivity index (χ4v) is 1.14. The summed E-state index contributed by atoms with van der Waals surface area (Å²) in [7, 11) is 0. The number of nitro benzene ring substituents is 1. The fraction of sp³-hybridized carbons (Fsp3) is 0.200. The summed E-state index contributed by atoms with van der Waals surface area (Å²) >= 11 is 5.54. The van der Waals surface area contributed by atoms with Gasteiger partial charge in [-0.3, -0.25) is 15.5 Å². The number of non-ortho nitro benzene ring substituents is 1. The maximum Gasteiger partial charge on any atom is 0.370 e. The monoisotopic (exact) mass is 271 g/mol. The molecule has 1 aromatic rings. The molecule has 96 valence electrons. The Morgan fingerprint density at radius 3 is 2.94 bits per heavy atom. The van der Waals surface area contributed by atoms with Crippen molar-refractivity contribution in [2.24, 2.45) is 5.10 Å². The largest absolute Gasteiger partial charge is 0.461 e. The number of esters is 1. The van der Waals surface area contributed by atoms with Gasteiger partial charge in [-0.05, 0) is 13.0 Å². The van der Waals surface area contributed by atoms with Crippen LogP contribution in [0.25, 0.3) is 0 Å². The quantitative estimate of drug-likeness (QED) is 0.383. The van der Waals surface area contributed by atoms with Gasteiger partial charge in [0.25, 0.3) is 5.69 Å². The summed E-state index contributed by atoms with van der Waals surface area (Å²) in [5.74, 6) is -0.767. The predicted molar refractivity (Wildman–Crippen MR) is 66.6 cm³/mol. The fourth-order valence-electron chi connectivity index (χ4n) is 1.04. The molecule has 0 amide bonds. The van der Waals surface area contributed by atoms with Crippen molar-refractivity contribution in [3.63, 3.8) is 0 Å². The van der Waals surface area contributed by atoms with Crippen LogP contribution in [0.5, 0.6) is 0 Å². The van der Waals surface area contributed by atoms with Crippen molar-refractivity contribution in [3.05, 3.63) is 34.4 Å². The van der Waals surface area contributed by atoms with Crippen LogP contribution in [-0.2, 0) is 9.53 Å². The van der Waals surface area contributed by atoms with Gasteiger partial charge in [0.2, 0.25) is 5.17 Å². The molecule has 0 radical (unpaired) electrons. The van der Waals surface area contributed by atoms with Gasteiger partial charge in [-0.25, -0.2) is 4.79 Å². The Labute approximate surface area is 108 Å². The Morgan fingerprint density at radius 1 is 1.61 bits per heavy atom. The molecule has 7 nitrogen and oxygen atoms in total. The molecule has 18 heavy (non-hydrogen) atoms. The van der Waals surface area contributed by atoms with Crippen molar-refractivity contribution in [1.82, 2.24) is 0 Å². The van der Waals surface area contributed by atoms with E-state index in [9.17, 15) is 14.9 Å². The van der Waals surface area contributed by atoms with Crippen molar-refractivity contribution in [2.45, 2.75) is 6.92 Å². The first kappa shape index (κ1) is 13.9. The van der Waals surface area contributed by atoms with E-state index < -0.39 is 10.9 Å². The zero-order valence-electron chi connectivity index (χ0n) is 9.42. The molecular weight excluding hydrogens is 262 g/mol. The molecule has 0 atom stereocenters. The Bertz CT molecular complexity index is 490. The predicted octanol–water partition coefficient (Wildman–Crippen LogP) is 2.12. The normalized spacial score (nSPS) is 10.9. The van der Waals surface area contributed by atoms with Crippen LogP contribution >= 0.6 is 11.6 Å². The molecule has 0 spiro atoms. The van der Waals surface area contributed by atoms with Crippen LogP contribution in [0.15, 0.2) is 29.4 Å². The second-order valence-corrected chi connectivity index (χ2v) is 3.40. The molecule has 0 aromatic heterocycles. The second-order valence-electron chi connectivity index (χ2n) is 3.04. The van der Waals surface area contributed by atoms with Crippen LogP contribution in [0.3, 0.4) is 0 Å². The minimum Gasteiger partial charge on any atom is -0.461 e. The van der Waals surface area contributed by atoms with Gasteiger partial charge in [-0.1, -0.05) is 17.7 Å². The lowest BCUT2D eigenvalue weighted by atomic mass is 10.3. The van der Waals surface area contributed by atoms with E-state index in [-0.39, 0.29) is 17.5 Å². The highest BCUT2D eigenvalue weighted by Gasteiger charge is 2.09. The van der Waals surface area contributed by atoms with Gasteiger partial charge in [-0.2, -0.15) is 5.10 Å². The number of carbonyl (C=O) groups is 1. The highest BCUT2D eigenvalue weighted by molar-refractivity contribution is 6.82. The maximum absolute atomic E-state index is 11.1. The van der Waals surface area contributed by atoms with Crippen LogP contribution in [0.1, 0.15) is 6.92 Å². The van der Waals surface area contributed by atoms with Gasteiger partial charge in [-0.15, -0.1) is 0 Å². The Kier molecular flexibility index (Phi) is 5.06. The SMILES string of the molecule is CCOC(=O)/C(Cl)=N/Nc1cccc([N+](=O)[O-])c1. The molecule has 0 aliphatic heterocycles. The molecule has 1 aromatic carbocycles. The number of ether oxygens (including phenoxy) is 1. The van der Waals surface area contributed by atoms with E-state index in [0.29, 0.717) is 5.69 Å². The first-order valence-corrected chi connectivity index (χ1v) is 5.33. The van der Waals surface area contributed by atoms with Gasteiger partial charge in [0.05, 0.1) is 17.2 Å². The van der Waals surface area contributed by atoms with Crippen LogP contribution in [0.2, 0.25) is 0 Å². The van der Waals surface area contributed by atoms with Gasteiger partial charge in [0, 0.05) is 12.1 Å². The Balaban J connectivity index is 2.73. The summed E-state index contributed by atoms with van der Waals surface area (Å²) in [6.07, 6.45) is 0. The number of carbonyl (C=O) groups excluding carboxylic acids is 1. The first-order chi connectivity index (χ1) is 8.54. The lowest BCUT2D eigenvalue weighted by molar-refractivity contribution is -0.384. The Hall–Kier alpha value is -2.15. The minimum atomic E-state index is -0.767. The summed E-state index contributed by atoms with van der Waals surface area (Å²) in [6, 6.07) is 5.63. The van der Waals surface area contributed by atoms with Crippen LogP contribution in [0, 0.1) is 10.1 Å². The van der Waals surface area contributed by atoms with E-state index in [1.165, 1.54) is 18.2 Å². The molecular formula is C10H10ClN3O4. The van der Waals surface area contributed by atoms with Crippen molar-refractivity contribution >= 4 is 34.1 Å². The highest BCUT2D eigenvalue weighted by atomic mass is 35.5. The topological polar surface area (TPSA) is 93.8 Å². The third-order valence-electron chi connectivity index (χ3n) is 1.78. The molecule has 0 heterocycles. The van der Waals surface area contributed by atoms with Gasteiger partial charge in [0.1, 0.15) is 0 Å². The number of rotatable bonds is 5. The van der Waals surface area contributed by atoms with E-state index in [2.05, 4.69) is 15.3 Å². The van der Waals surface area contributed by atoms with E-state index >= 15 is 0 Å². The number of hydrogen-bond donors (Lipinski definition) is 1. The Morgan fingerprint density at radius 2 is 2.33 bits per heavy atom. The second kappa shape index (κ2) is 6.55. The van der Waals surface area contributed by atoms with Crippen molar-refractivity contribution in [2.75, 3.05) is 12.0 Å². The van der Waals surface area contributed by atoms with Crippen LogP contribution in [0.4, 0.5) is 11.4 Å². The van der Waals surface area contributed by atoms with Gasteiger partial charge < -0.3 is 4.74 Å². The number of benzene rings is 1. The smallest absolute Gasteiger partial charge is 0.370 e. The first-order valence-electron chi connectivity index (χ1n) is 4.95. The third kappa shape index (κ3) is 4.02. The van der Waals surface area contributed by atoms with Crippen LogP contribution in [-0.4, -0.2) is 22.7 Å². The molecule has 0 aliphatic carbocycles. The van der Waals surface area contributed by atoms with Crippen molar-refractivity contribution in [1.29, 1.82) is 0 Å². The molecule has 0 aliphatic rings. The average molecular weight is 272 g/mol. The molecule has 0 fully saturated rings. The third-order valence-corrected chi connectivity index (χ3v) is 2.02. The summed E-state index contributed by atoms with van der Waals surface area (Å²) < 4.78 is 4.60. The summed E-state index contributed by atoms with van der Waals surface area (Å²) in [5, 5.41) is 13.7. The minimum absolute atomic E-state index is 0.0949. The number of hydrazone groups is 1. The van der Waals surface area contributed by atoms with E-state index in [0.717, 1.165) is 0 Å².